The Morgan fingerprint density at radius 2 is 2.23 bits per heavy atom. The Kier molecular flexibility index (Phi) is 4.11. The molecule has 9 heteroatoms. The molecular formula is C4H11N4O4S+. The van der Waals surface area contributed by atoms with Crippen LogP contribution in [0.15, 0.2) is 4.99 Å². The molecule has 0 fully saturated rings. The molecule has 0 bridgehead atoms. The summed E-state index contributed by atoms with van der Waals surface area (Å²) in [4.78, 5) is 13.3. The summed E-state index contributed by atoms with van der Waals surface area (Å²) < 4.78 is 21.2. The standard InChI is InChI=1S/C4H11N4O4S/c1-13(11,12)3-2-6-4(5)7-8(9)10/h2-3H2,1H3,(H,9,10)(H3,5,6,7)/q+1. The summed E-state index contributed by atoms with van der Waals surface area (Å²) in [5, 5.41) is 7.44. The lowest BCUT2D eigenvalue weighted by Crippen LogP contribution is -2.37. The van der Waals surface area contributed by atoms with Gasteiger partial charge in [-0.1, -0.05) is 0 Å². The average molecular weight is 211 g/mol. The van der Waals surface area contributed by atoms with E-state index in [0.717, 1.165) is 6.26 Å². The average Bonchev–Trinajstić information content (AvgIpc) is 1.81. The van der Waals surface area contributed by atoms with Crippen molar-refractivity contribution >= 4 is 15.8 Å². The Morgan fingerprint density at radius 3 is 2.62 bits per heavy atom. The highest BCUT2D eigenvalue weighted by atomic mass is 32.2. The number of rotatable bonds is 4. The minimum Gasteiger partial charge on any atom is -0.365 e. The van der Waals surface area contributed by atoms with Crippen LogP contribution in [0.1, 0.15) is 0 Å². The largest absolute Gasteiger partial charge is 0.365 e. The highest BCUT2D eigenvalue weighted by Gasteiger charge is 2.05. The molecule has 0 radical (unpaired) electrons. The van der Waals surface area contributed by atoms with Crippen molar-refractivity contribution in [2.75, 3.05) is 18.6 Å². The van der Waals surface area contributed by atoms with Crippen LogP contribution in [0.5, 0.6) is 0 Å². The molecule has 0 unspecified atom stereocenters. The molecule has 0 spiro atoms. The van der Waals surface area contributed by atoms with E-state index < -0.39 is 14.9 Å². The SMILES string of the molecule is CS(=O)(=O)CCN=C(N)N[N+](=O)O. The number of nitrogens with two attached hydrogens (primary N) is 1. The molecule has 0 saturated heterocycles. The minimum absolute atomic E-state index is 0.0640. The third-order valence-corrected chi connectivity index (χ3v) is 1.88. The number of guanidine groups is 1. The molecule has 0 aromatic heterocycles. The van der Waals surface area contributed by atoms with E-state index in [4.69, 9.17) is 10.9 Å². The van der Waals surface area contributed by atoms with Crippen LogP contribution in [-0.2, 0) is 9.84 Å². The Hall–Kier alpha value is -1.38. The van der Waals surface area contributed by atoms with Gasteiger partial charge in [-0.15, -0.1) is 0 Å². The topological polar surface area (TPSA) is 125 Å². The van der Waals surface area contributed by atoms with Gasteiger partial charge in [0.25, 0.3) is 5.96 Å². The number of hydrogen-bond donors (Lipinski definition) is 3. The molecule has 8 nitrogen and oxygen atoms in total. The van der Waals surface area contributed by atoms with E-state index in [1.807, 2.05) is 0 Å². The number of sulfone groups is 1. The summed E-state index contributed by atoms with van der Waals surface area (Å²) in [5.41, 5.74) is 6.74. The molecular weight excluding hydrogens is 200 g/mol. The minimum atomic E-state index is -3.09. The molecule has 0 amide bonds. The summed E-state index contributed by atoms with van der Waals surface area (Å²) in [7, 11) is -3.09. The number of nitrogens with zero attached hydrogens (tertiary/aromatic N) is 2. The van der Waals surface area contributed by atoms with Gasteiger partial charge < -0.3 is 5.73 Å². The summed E-state index contributed by atoms with van der Waals surface area (Å²) in [5.74, 6) is -0.513. The number of nitrogens with one attached hydrogen (secondary N) is 1. The molecule has 0 aliphatic heterocycles. The van der Waals surface area contributed by atoms with Crippen LogP contribution in [0.4, 0.5) is 0 Å². The third kappa shape index (κ3) is 8.53. The van der Waals surface area contributed by atoms with Crippen LogP contribution in [0.2, 0.25) is 0 Å². The monoisotopic (exact) mass is 211 g/mol. The molecule has 13 heavy (non-hydrogen) atoms. The van der Waals surface area contributed by atoms with Gasteiger partial charge in [-0.05, 0) is 5.43 Å². The van der Waals surface area contributed by atoms with E-state index in [2.05, 4.69) is 4.99 Å². The Balaban J connectivity index is 3.92. The molecule has 0 aliphatic rings. The Labute approximate surface area is 74.9 Å². The molecule has 0 aromatic carbocycles. The summed E-state index contributed by atoms with van der Waals surface area (Å²) in [6.07, 6.45) is 1.05. The number of aliphatic imine (C=N–C) groups is 1. The van der Waals surface area contributed by atoms with Crippen LogP contribution in [0, 0.1) is 4.91 Å². The molecule has 0 rings (SSSR count). The van der Waals surface area contributed by atoms with Gasteiger partial charge in [0.2, 0.25) is 0 Å². The predicted octanol–water partition coefficient (Wildman–Crippen LogP) is -1.98. The van der Waals surface area contributed by atoms with Crippen molar-refractivity contribution in [2.24, 2.45) is 10.7 Å². The molecule has 0 aliphatic carbocycles. The summed E-state index contributed by atoms with van der Waals surface area (Å²) in [6, 6.07) is 0. The fraction of sp³-hybridized carbons (Fsp3) is 0.750. The molecule has 0 atom stereocenters. The maximum absolute atomic E-state index is 10.6. The molecule has 4 N–H and O–H groups in total. The van der Waals surface area contributed by atoms with Gasteiger partial charge in [0.05, 0.1) is 12.3 Å². The lowest BCUT2D eigenvalue weighted by molar-refractivity contribution is -0.822. The van der Waals surface area contributed by atoms with E-state index in [9.17, 15) is 13.3 Å². The molecule has 76 valence electrons. The van der Waals surface area contributed by atoms with Crippen molar-refractivity contribution in [2.45, 2.75) is 0 Å². The Bertz CT molecular complexity index is 308. The maximum Gasteiger partial charge on any atom is 0.362 e. The summed E-state index contributed by atoms with van der Waals surface area (Å²) >= 11 is 0. The second-order valence-electron chi connectivity index (χ2n) is 2.28. The smallest absolute Gasteiger partial charge is 0.362 e. The maximum atomic E-state index is 10.6. The van der Waals surface area contributed by atoms with E-state index >= 15 is 0 Å². The second kappa shape index (κ2) is 4.60. The first-order chi connectivity index (χ1) is 5.81. The van der Waals surface area contributed by atoms with Crippen molar-refractivity contribution in [1.29, 1.82) is 0 Å². The van der Waals surface area contributed by atoms with Gasteiger partial charge >= 0.3 is 5.03 Å². The van der Waals surface area contributed by atoms with Crippen molar-refractivity contribution in [3.8, 4) is 0 Å². The second-order valence-corrected chi connectivity index (χ2v) is 4.54. The van der Waals surface area contributed by atoms with Crippen LogP contribution in [-0.4, -0.2) is 43.2 Å². The molecule has 0 saturated carbocycles. The number of hydrogen-bond acceptors (Lipinski definition) is 4. The van der Waals surface area contributed by atoms with Crippen molar-refractivity contribution < 1.29 is 18.7 Å². The van der Waals surface area contributed by atoms with Crippen LogP contribution >= 0.6 is 0 Å². The Morgan fingerprint density at radius 1 is 1.69 bits per heavy atom. The first-order valence-corrected chi connectivity index (χ1v) is 5.28. The molecule has 0 heterocycles. The first-order valence-electron chi connectivity index (χ1n) is 3.21. The normalized spacial score (nSPS) is 12.5. The van der Waals surface area contributed by atoms with E-state index in [1.165, 1.54) is 0 Å². The van der Waals surface area contributed by atoms with E-state index in [-0.39, 0.29) is 18.3 Å². The van der Waals surface area contributed by atoms with Crippen molar-refractivity contribution in [3.05, 3.63) is 4.91 Å². The molecule has 0 aromatic rings. The van der Waals surface area contributed by atoms with Gasteiger partial charge in [-0.3, -0.25) is 0 Å². The van der Waals surface area contributed by atoms with Crippen molar-refractivity contribution in [3.63, 3.8) is 0 Å². The van der Waals surface area contributed by atoms with Crippen LogP contribution < -0.4 is 11.2 Å². The fourth-order valence-corrected chi connectivity index (χ4v) is 0.888. The van der Waals surface area contributed by atoms with E-state index in [1.54, 1.807) is 5.43 Å². The van der Waals surface area contributed by atoms with Gasteiger partial charge in [-0.2, -0.15) is 0 Å². The first kappa shape index (κ1) is 11.6. The fourth-order valence-electron chi connectivity index (χ4n) is 0.465. The van der Waals surface area contributed by atoms with Gasteiger partial charge in [0.15, 0.2) is 0 Å². The zero-order chi connectivity index (χ0) is 10.5. The number of hydrazine groups is 1. The van der Waals surface area contributed by atoms with Gasteiger partial charge in [-0.25, -0.2) is 18.6 Å². The zero-order valence-corrected chi connectivity index (χ0v) is 7.78. The quantitative estimate of drug-likeness (QED) is 0.281. The van der Waals surface area contributed by atoms with Gasteiger partial charge in [0, 0.05) is 6.26 Å². The highest BCUT2D eigenvalue weighted by Crippen LogP contribution is 1.82. The summed E-state index contributed by atoms with van der Waals surface area (Å²) in [6.45, 7) is -0.0640. The van der Waals surface area contributed by atoms with Gasteiger partial charge in [0.1, 0.15) is 14.7 Å². The lowest BCUT2D eigenvalue weighted by Gasteiger charge is -1.93. The van der Waals surface area contributed by atoms with Crippen LogP contribution in [0.3, 0.4) is 0 Å². The van der Waals surface area contributed by atoms with Crippen LogP contribution in [0.25, 0.3) is 0 Å². The highest BCUT2D eigenvalue weighted by molar-refractivity contribution is 7.90. The zero-order valence-electron chi connectivity index (χ0n) is 6.97. The third-order valence-electron chi connectivity index (χ3n) is 0.954. The lowest BCUT2D eigenvalue weighted by atomic mass is 10.8. The van der Waals surface area contributed by atoms with Crippen molar-refractivity contribution in [1.82, 2.24) is 5.43 Å². The predicted molar refractivity (Wildman–Crippen MR) is 44.7 cm³/mol. The van der Waals surface area contributed by atoms with E-state index in [0.29, 0.717) is 0 Å².